The van der Waals surface area contributed by atoms with E-state index in [0.29, 0.717) is 26.4 Å². The lowest BCUT2D eigenvalue weighted by molar-refractivity contribution is 0.631. The van der Waals surface area contributed by atoms with E-state index in [0.717, 1.165) is 0 Å². The number of rotatable bonds is 1. The number of nitrogen functional groups attached to an aromatic ring is 1. The Bertz CT molecular complexity index is 674. The van der Waals surface area contributed by atoms with Gasteiger partial charge in [0.05, 0.1) is 6.20 Å². The average molecular weight is 269 g/mol. The van der Waals surface area contributed by atoms with Gasteiger partial charge in [-0.15, -0.1) is 0 Å². The quantitative estimate of drug-likeness (QED) is 0.738. The number of fused-ring (bicyclic) bond motifs is 1. The first-order valence-electron chi connectivity index (χ1n) is 4.70. The molecule has 17 heavy (non-hydrogen) atoms. The monoisotopic (exact) mass is 268 g/mol. The van der Waals surface area contributed by atoms with Crippen LogP contribution in [0.15, 0.2) is 24.4 Å². The van der Waals surface area contributed by atoms with E-state index >= 15 is 0 Å². The third-order valence-electron chi connectivity index (χ3n) is 2.22. The lowest BCUT2D eigenvalue weighted by Crippen LogP contribution is -1.87. The molecule has 0 amide bonds. The molecule has 86 valence electrons. The number of aromatic nitrogens is 3. The minimum atomic E-state index is -0.362. The molecule has 0 atom stereocenters. The standard InChI is InChI=1S/C10H6ClFN4S/c11-5-1-2-7(12)6(3-5)9-15-16-4-8(13)14-10(16)17-9/h1-4H,13H2. The van der Waals surface area contributed by atoms with E-state index in [1.807, 2.05) is 0 Å². The molecule has 0 fully saturated rings. The third-order valence-corrected chi connectivity index (χ3v) is 3.41. The number of hydrogen-bond acceptors (Lipinski definition) is 4. The first-order chi connectivity index (χ1) is 8.13. The highest BCUT2D eigenvalue weighted by molar-refractivity contribution is 7.19. The smallest absolute Gasteiger partial charge is 0.214 e. The fourth-order valence-electron chi connectivity index (χ4n) is 1.49. The van der Waals surface area contributed by atoms with Crippen LogP contribution in [0.3, 0.4) is 0 Å². The van der Waals surface area contributed by atoms with Crippen molar-refractivity contribution in [3.05, 3.63) is 35.2 Å². The van der Waals surface area contributed by atoms with Gasteiger partial charge in [0.15, 0.2) is 5.01 Å². The van der Waals surface area contributed by atoms with Gasteiger partial charge in [0.1, 0.15) is 11.6 Å². The topological polar surface area (TPSA) is 56.2 Å². The summed E-state index contributed by atoms with van der Waals surface area (Å²) >= 11 is 7.09. The number of benzene rings is 1. The van der Waals surface area contributed by atoms with Crippen LogP contribution >= 0.6 is 22.9 Å². The molecule has 0 saturated heterocycles. The fraction of sp³-hybridized carbons (Fsp3) is 0. The molecule has 0 unspecified atom stereocenters. The Labute approximate surface area is 104 Å². The first kappa shape index (κ1) is 10.5. The normalized spacial score (nSPS) is 11.2. The van der Waals surface area contributed by atoms with Crippen molar-refractivity contribution in [2.45, 2.75) is 0 Å². The van der Waals surface area contributed by atoms with Crippen molar-refractivity contribution in [1.82, 2.24) is 14.6 Å². The Balaban J connectivity index is 2.19. The van der Waals surface area contributed by atoms with E-state index in [4.69, 9.17) is 17.3 Å². The van der Waals surface area contributed by atoms with Crippen molar-refractivity contribution in [2.24, 2.45) is 0 Å². The molecule has 0 radical (unpaired) electrons. The molecule has 0 aliphatic rings. The largest absolute Gasteiger partial charge is 0.382 e. The zero-order valence-electron chi connectivity index (χ0n) is 8.39. The molecule has 3 aromatic rings. The van der Waals surface area contributed by atoms with E-state index in [9.17, 15) is 4.39 Å². The minimum absolute atomic E-state index is 0.362. The highest BCUT2D eigenvalue weighted by Crippen LogP contribution is 2.30. The highest BCUT2D eigenvalue weighted by atomic mass is 35.5. The van der Waals surface area contributed by atoms with Gasteiger partial charge in [-0.2, -0.15) is 5.10 Å². The Morgan fingerprint density at radius 1 is 1.41 bits per heavy atom. The van der Waals surface area contributed by atoms with Crippen LogP contribution < -0.4 is 5.73 Å². The van der Waals surface area contributed by atoms with E-state index in [2.05, 4.69) is 10.1 Å². The first-order valence-corrected chi connectivity index (χ1v) is 5.90. The predicted molar refractivity (Wildman–Crippen MR) is 65.7 cm³/mol. The Morgan fingerprint density at radius 2 is 2.24 bits per heavy atom. The molecule has 0 bridgehead atoms. The molecule has 3 rings (SSSR count). The second-order valence-corrected chi connectivity index (χ2v) is 4.82. The van der Waals surface area contributed by atoms with Crippen LogP contribution in [-0.2, 0) is 0 Å². The molecule has 0 aliphatic heterocycles. The van der Waals surface area contributed by atoms with Crippen LogP contribution in [-0.4, -0.2) is 14.6 Å². The molecule has 7 heteroatoms. The van der Waals surface area contributed by atoms with E-state index in [-0.39, 0.29) is 5.82 Å². The molecule has 2 heterocycles. The number of anilines is 1. The maximum Gasteiger partial charge on any atom is 0.214 e. The minimum Gasteiger partial charge on any atom is -0.382 e. The van der Waals surface area contributed by atoms with Gasteiger partial charge in [0.25, 0.3) is 0 Å². The molecule has 4 nitrogen and oxygen atoms in total. The lowest BCUT2D eigenvalue weighted by atomic mass is 10.2. The van der Waals surface area contributed by atoms with Crippen LogP contribution in [0.5, 0.6) is 0 Å². The zero-order chi connectivity index (χ0) is 12.0. The number of nitrogens with zero attached hydrogens (tertiary/aromatic N) is 3. The van der Waals surface area contributed by atoms with E-state index < -0.39 is 0 Å². The Hall–Kier alpha value is -1.66. The molecular formula is C10H6ClFN4S. The summed E-state index contributed by atoms with van der Waals surface area (Å²) in [7, 11) is 0. The van der Waals surface area contributed by atoms with Crippen molar-refractivity contribution >= 4 is 33.7 Å². The van der Waals surface area contributed by atoms with Gasteiger partial charge in [0, 0.05) is 10.6 Å². The molecule has 0 saturated carbocycles. The molecule has 2 N–H and O–H groups in total. The van der Waals surface area contributed by atoms with Crippen molar-refractivity contribution in [2.75, 3.05) is 5.73 Å². The summed E-state index contributed by atoms with van der Waals surface area (Å²) in [6.07, 6.45) is 1.58. The average Bonchev–Trinajstić information content (AvgIpc) is 2.78. The van der Waals surface area contributed by atoms with Gasteiger partial charge >= 0.3 is 0 Å². The van der Waals surface area contributed by atoms with Crippen molar-refractivity contribution in [1.29, 1.82) is 0 Å². The lowest BCUT2D eigenvalue weighted by Gasteiger charge is -1.98. The molecule has 0 aliphatic carbocycles. The van der Waals surface area contributed by atoms with Gasteiger partial charge in [-0.1, -0.05) is 22.9 Å². The maximum atomic E-state index is 13.6. The summed E-state index contributed by atoms with van der Waals surface area (Å²) in [6.45, 7) is 0. The fourth-order valence-corrected chi connectivity index (χ4v) is 2.57. The summed E-state index contributed by atoms with van der Waals surface area (Å²) in [5, 5.41) is 5.19. The molecule has 0 spiro atoms. The highest BCUT2D eigenvalue weighted by Gasteiger charge is 2.12. The summed E-state index contributed by atoms with van der Waals surface area (Å²) in [5.41, 5.74) is 5.88. The molecule has 2 aromatic heterocycles. The third kappa shape index (κ3) is 1.75. The van der Waals surface area contributed by atoms with Gasteiger partial charge in [-0.3, -0.25) is 0 Å². The Kier molecular flexibility index (Phi) is 2.27. The predicted octanol–water partition coefficient (Wildman–Crippen LogP) is 2.83. The van der Waals surface area contributed by atoms with E-state index in [1.54, 1.807) is 12.3 Å². The number of hydrogen-bond donors (Lipinski definition) is 1. The second kappa shape index (κ2) is 3.68. The van der Waals surface area contributed by atoms with Gasteiger partial charge in [0.2, 0.25) is 4.96 Å². The summed E-state index contributed by atoms with van der Waals surface area (Å²) in [6, 6.07) is 4.35. The number of nitrogens with two attached hydrogens (primary N) is 1. The van der Waals surface area contributed by atoms with Crippen molar-refractivity contribution in [3.8, 4) is 10.6 Å². The van der Waals surface area contributed by atoms with Crippen LogP contribution in [0.1, 0.15) is 0 Å². The van der Waals surface area contributed by atoms with Crippen LogP contribution in [0.2, 0.25) is 5.02 Å². The van der Waals surface area contributed by atoms with Gasteiger partial charge < -0.3 is 5.73 Å². The van der Waals surface area contributed by atoms with Crippen LogP contribution in [0, 0.1) is 5.82 Å². The van der Waals surface area contributed by atoms with Gasteiger partial charge in [-0.05, 0) is 18.2 Å². The van der Waals surface area contributed by atoms with Crippen molar-refractivity contribution in [3.63, 3.8) is 0 Å². The van der Waals surface area contributed by atoms with E-state index in [1.165, 1.54) is 28.0 Å². The van der Waals surface area contributed by atoms with Crippen LogP contribution in [0.4, 0.5) is 10.2 Å². The molecule has 1 aromatic carbocycles. The second-order valence-electron chi connectivity index (χ2n) is 3.42. The SMILES string of the molecule is Nc1cn2nc(-c3cc(Cl)ccc3F)sc2n1. The summed E-state index contributed by atoms with van der Waals surface area (Å²) in [5.74, 6) is 0.0289. The number of halogens is 2. The number of imidazole rings is 1. The summed E-state index contributed by atoms with van der Waals surface area (Å²) in [4.78, 5) is 4.67. The van der Waals surface area contributed by atoms with Gasteiger partial charge in [-0.25, -0.2) is 13.9 Å². The van der Waals surface area contributed by atoms with Crippen LogP contribution in [0.25, 0.3) is 15.5 Å². The van der Waals surface area contributed by atoms with Crippen molar-refractivity contribution < 1.29 is 4.39 Å². The Morgan fingerprint density at radius 3 is 3.00 bits per heavy atom. The summed E-state index contributed by atoms with van der Waals surface area (Å²) < 4.78 is 15.1. The maximum absolute atomic E-state index is 13.6. The molecular weight excluding hydrogens is 263 g/mol. The zero-order valence-corrected chi connectivity index (χ0v) is 9.96.